The largest absolute Gasteiger partial charge is 0.394 e. The number of terminal acetylenes is 1. The Morgan fingerprint density at radius 1 is 1.38 bits per heavy atom. The number of amidine groups is 1. The van der Waals surface area contributed by atoms with Crippen molar-refractivity contribution in [1.82, 2.24) is 19.7 Å². The highest BCUT2D eigenvalue weighted by atomic mass is 16.7. The molecular weight excluding hydrogens is 534 g/mol. The highest BCUT2D eigenvalue weighted by Gasteiger charge is 2.87. The molecule has 1 saturated heterocycles. The van der Waals surface area contributed by atoms with Gasteiger partial charge < -0.3 is 56.5 Å². The molecule has 2 aliphatic rings. The Labute approximate surface area is 230 Å². The van der Waals surface area contributed by atoms with Gasteiger partial charge in [-0.3, -0.25) is 15.2 Å². The minimum Gasteiger partial charge on any atom is -0.394 e. The first-order chi connectivity index (χ1) is 18.7. The van der Waals surface area contributed by atoms with Crippen LogP contribution in [0.5, 0.6) is 0 Å². The summed E-state index contributed by atoms with van der Waals surface area (Å²) < 4.78 is 11.3. The van der Waals surface area contributed by atoms with Gasteiger partial charge in [0.2, 0.25) is 5.79 Å². The summed E-state index contributed by atoms with van der Waals surface area (Å²) in [5, 5.41) is 67.9. The lowest BCUT2D eigenvalue weighted by atomic mass is 10.1. The number of fused-ring (bicyclic) bond motifs is 1. The minimum absolute atomic E-state index is 0.0428. The van der Waals surface area contributed by atoms with E-state index in [0.717, 1.165) is 10.9 Å². The zero-order valence-electron chi connectivity index (χ0n) is 22.8. The third kappa shape index (κ3) is 7.23. The monoisotopic (exact) mass is 575 g/mol. The average Bonchev–Trinajstić information content (AvgIpc) is 3.32. The lowest BCUT2D eigenvalue weighted by Gasteiger charge is -2.26. The Balaban J connectivity index is 0.000000377. The molecule has 12 N–H and O–H groups in total. The number of hydrogen-bond acceptors (Lipinski definition) is 14. The highest BCUT2D eigenvalue weighted by Crippen LogP contribution is 2.58. The van der Waals surface area contributed by atoms with E-state index in [2.05, 4.69) is 11.1 Å². The molecule has 0 amide bonds. The number of aliphatic hydroxyl groups is 6. The summed E-state index contributed by atoms with van der Waals surface area (Å²) in [5.41, 5.74) is 8.36. The van der Waals surface area contributed by atoms with Crippen molar-refractivity contribution in [3.05, 3.63) is 27.0 Å². The zero-order valence-corrected chi connectivity index (χ0v) is 22.8. The van der Waals surface area contributed by atoms with Gasteiger partial charge in [-0.1, -0.05) is 20.3 Å². The van der Waals surface area contributed by atoms with Crippen molar-refractivity contribution in [3.8, 4) is 12.5 Å². The van der Waals surface area contributed by atoms with Gasteiger partial charge in [0.25, 0.3) is 5.56 Å². The normalized spacial score (nSPS) is 29.2. The van der Waals surface area contributed by atoms with Gasteiger partial charge in [-0.25, -0.2) is 4.79 Å². The number of nitrogens with one attached hydrogen (secondary N) is 2. The lowest BCUT2D eigenvalue weighted by molar-refractivity contribution is -0.165. The van der Waals surface area contributed by atoms with E-state index in [-0.39, 0.29) is 18.8 Å². The van der Waals surface area contributed by atoms with Gasteiger partial charge in [0.15, 0.2) is 6.23 Å². The molecule has 1 saturated carbocycles. The fourth-order valence-corrected chi connectivity index (χ4v) is 4.19. The number of H-pyrrole nitrogens is 1. The van der Waals surface area contributed by atoms with E-state index in [0.29, 0.717) is 0 Å². The molecule has 9 atom stereocenters. The second kappa shape index (κ2) is 14.6. The van der Waals surface area contributed by atoms with Gasteiger partial charge >= 0.3 is 5.69 Å². The van der Waals surface area contributed by atoms with Gasteiger partial charge in [-0.2, -0.15) is 9.78 Å². The molecule has 2 heterocycles. The predicted octanol–water partition coefficient (Wildman–Crippen LogP) is -4.68. The number of hydrogen-bond donors (Lipinski definition) is 10. The second-order valence-electron chi connectivity index (χ2n) is 8.98. The predicted molar refractivity (Wildman–Crippen MR) is 141 cm³/mol. The molecule has 17 heteroatoms. The van der Waals surface area contributed by atoms with E-state index in [1.807, 2.05) is 18.8 Å². The van der Waals surface area contributed by atoms with Gasteiger partial charge in [0.05, 0.1) is 25.2 Å². The van der Waals surface area contributed by atoms with Crippen LogP contribution in [-0.2, 0) is 9.47 Å². The molecule has 17 nitrogen and oxygen atoms in total. The Bertz CT molecular complexity index is 1120. The molecule has 1 aliphatic heterocycles. The molecule has 1 aromatic heterocycles. The molecular formula is C23H41N7O10. The fourth-order valence-electron chi connectivity index (χ4n) is 4.19. The van der Waals surface area contributed by atoms with E-state index in [1.165, 1.54) is 18.7 Å². The van der Waals surface area contributed by atoms with E-state index in [1.54, 1.807) is 0 Å². The Morgan fingerprint density at radius 2 is 1.98 bits per heavy atom. The second-order valence-corrected chi connectivity index (χ2v) is 8.98. The quantitative estimate of drug-likeness (QED) is 0.0514. The summed E-state index contributed by atoms with van der Waals surface area (Å²) in [4.78, 5) is 25.7. The summed E-state index contributed by atoms with van der Waals surface area (Å²) in [6, 6.07) is 1.55. The van der Waals surface area contributed by atoms with Crippen LogP contribution < -0.4 is 22.7 Å². The first-order valence-corrected chi connectivity index (χ1v) is 12.5. The van der Waals surface area contributed by atoms with Crippen LogP contribution in [0.3, 0.4) is 0 Å². The molecule has 0 spiro atoms. The van der Waals surface area contributed by atoms with Crippen LogP contribution in [0.25, 0.3) is 0 Å². The Kier molecular flexibility index (Phi) is 12.8. The van der Waals surface area contributed by atoms with E-state index < -0.39 is 78.6 Å². The van der Waals surface area contributed by atoms with Crippen LogP contribution in [0.2, 0.25) is 0 Å². The Hall–Kier alpha value is -2.92. The van der Waals surface area contributed by atoms with Gasteiger partial charge in [-0.15, -0.1) is 0 Å². The van der Waals surface area contributed by atoms with Crippen molar-refractivity contribution in [1.29, 1.82) is 5.41 Å². The summed E-state index contributed by atoms with van der Waals surface area (Å²) in [7, 11) is 0. The molecule has 0 aromatic carbocycles. The van der Waals surface area contributed by atoms with Gasteiger partial charge in [-0.05, 0) is 13.8 Å². The third-order valence-corrected chi connectivity index (χ3v) is 6.32. The standard InChI is InChI=1S/C11H18N4O4.C10H17N3O6.C2H6/c1-2-15(4-3-7(12)13)9-10(14)8(17)6(5-16)19-11(9,10)18;1-5(15)9(17)7(4-14)19-6(2)13-10(18)12-8(16)3-11-13;1-2/h1,6,8-9,16-18H,3-5,14H2,(H3,12,13);3,5-7,9,14-15,17H,4H2,1-2H3,(H,12,16,18);1-2H3/t6?,8?,9?,10-,11?;5-,6?,7?,9?;/m01./s1. The fraction of sp³-hybridized carbons (Fsp3) is 0.739. The van der Waals surface area contributed by atoms with Crippen LogP contribution in [0.1, 0.15) is 40.3 Å². The number of aliphatic hydroxyl groups excluding tert-OH is 5. The summed E-state index contributed by atoms with van der Waals surface area (Å²) in [6.45, 7) is 6.01. The summed E-state index contributed by atoms with van der Waals surface area (Å²) >= 11 is 0. The molecule has 0 bridgehead atoms. The first-order valence-electron chi connectivity index (χ1n) is 12.5. The summed E-state index contributed by atoms with van der Waals surface area (Å²) in [6.07, 6.45) is -0.134. The summed E-state index contributed by atoms with van der Waals surface area (Å²) in [5.74, 6) is -1.83. The molecule has 40 heavy (non-hydrogen) atoms. The topological polar surface area (TPSA) is 287 Å². The zero-order chi connectivity index (χ0) is 31.0. The maximum Gasteiger partial charge on any atom is 0.347 e. The molecule has 228 valence electrons. The molecule has 2 fully saturated rings. The van der Waals surface area contributed by atoms with Crippen molar-refractivity contribution in [2.24, 2.45) is 11.5 Å². The average molecular weight is 576 g/mol. The number of ether oxygens (including phenoxy) is 2. The van der Waals surface area contributed by atoms with Crippen molar-refractivity contribution in [3.63, 3.8) is 0 Å². The molecule has 1 aromatic rings. The lowest BCUT2D eigenvalue weighted by Crippen LogP contribution is -2.49. The van der Waals surface area contributed by atoms with Crippen LogP contribution >= 0.6 is 0 Å². The van der Waals surface area contributed by atoms with Crippen LogP contribution in [-0.4, -0.2) is 124 Å². The highest BCUT2D eigenvalue weighted by molar-refractivity contribution is 5.77. The molecule has 3 rings (SSSR count). The first kappa shape index (κ1) is 35.1. The SMILES string of the molecule is C#CN(CCC(=N)N)C1C2(O)OC(CO)C(O)[C@]12N.CC.CC(OC(CO)C(O)[C@@H](C)O)n1ncc(=O)[nH]c1=O. The van der Waals surface area contributed by atoms with Gasteiger partial charge in [0.1, 0.15) is 42.2 Å². The van der Waals surface area contributed by atoms with Crippen LogP contribution in [0, 0.1) is 17.9 Å². The number of nitrogens with zero attached hydrogens (tertiary/aromatic N) is 3. The van der Waals surface area contributed by atoms with E-state index in [4.69, 9.17) is 43.0 Å². The van der Waals surface area contributed by atoms with Crippen molar-refractivity contribution in [2.75, 3.05) is 19.8 Å². The van der Waals surface area contributed by atoms with Crippen LogP contribution in [0.4, 0.5) is 0 Å². The van der Waals surface area contributed by atoms with Crippen molar-refractivity contribution < 1.29 is 40.1 Å². The van der Waals surface area contributed by atoms with Crippen molar-refractivity contribution >= 4 is 5.84 Å². The Morgan fingerprint density at radius 3 is 2.38 bits per heavy atom. The maximum atomic E-state index is 11.4. The number of rotatable bonds is 11. The number of aromatic amines is 1. The van der Waals surface area contributed by atoms with Gasteiger partial charge in [0, 0.05) is 19.0 Å². The maximum absolute atomic E-state index is 11.4. The number of aromatic nitrogens is 3. The smallest absolute Gasteiger partial charge is 0.347 e. The van der Waals surface area contributed by atoms with Crippen molar-refractivity contribution in [2.45, 2.75) is 88.2 Å². The molecule has 0 radical (unpaired) electrons. The molecule has 7 unspecified atom stereocenters. The van der Waals surface area contributed by atoms with E-state index in [9.17, 15) is 30.0 Å². The third-order valence-electron chi connectivity index (χ3n) is 6.32. The molecule has 1 aliphatic carbocycles. The minimum atomic E-state index is -1.79. The van der Waals surface area contributed by atoms with E-state index >= 15 is 0 Å². The van der Waals surface area contributed by atoms with Crippen LogP contribution in [0.15, 0.2) is 15.8 Å². The number of nitrogens with two attached hydrogens (primary N) is 2.